The maximum absolute atomic E-state index is 13.8. The van der Waals surface area contributed by atoms with Crippen LogP contribution in [0.25, 0.3) is 0 Å². The smallest absolute Gasteiger partial charge is 0.282 e. The molecule has 22 heavy (non-hydrogen) atoms. The zero-order valence-electron chi connectivity index (χ0n) is 13.2. The van der Waals surface area contributed by atoms with Crippen molar-refractivity contribution in [2.24, 2.45) is 0 Å². The maximum atomic E-state index is 13.8. The second kappa shape index (κ2) is 7.20. The third-order valence-electron chi connectivity index (χ3n) is 3.52. The summed E-state index contributed by atoms with van der Waals surface area (Å²) >= 11 is 0. The molecular weight excluding hydrogens is 287 g/mol. The Bertz CT molecular complexity index is 572. The molecule has 0 bridgehead atoms. The molecule has 0 N–H and O–H groups in total. The minimum absolute atomic E-state index is 0.405. The first-order valence-corrected chi connectivity index (χ1v) is 7.27. The summed E-state index contributed by atoms with van der Waals surface area (Å²) < 4.78 is 18.9. The van der Waals surface area contributed by atoms with E-state index in [0.717, 1.165) is 6.42 Å². The molecule has 7 heteroatoms. The highest BCUT2D eigenvalue weighted by Gasteiger charge is 2.23. The Balaban J connectivity index is 2.06. The highest BCUT2D eigenvalue weighted by molar-refractivity contribution is 5.91. The van der Waals surface area contributed by atoms with Gasteiger partial charge in [0.25, 0.3) is 5.91 Å². The van der Waals surface area contributed by atoms with Crippen molar-refractivity contribution < 1.29 is 13.9 Å². The first-order valence-electron chi connectivity index (χ1n) is 7.27. The van der Waals surface area contributed by atoms with Crippen molar-refractivity contribution >= 4 is 11.9 Å². The molecule has 1 fully saturated rings. The average molecular weight is 308 g/mol. The average Bonchev–Trinajstić information content (AvgIpc) is 2.79. The van der Waals surface area contributed by atoms with E-state index in [-0.39, 0.29) is 0 Å². The summed E-state index contributed by atoms with van der Waals surface area (Å²) in [4.78, 5) is 24.1. The topological polar surface area (TPSA) is 58.6 Å². The van der Waals surface area contributed by atoms with Crippen LogP contribution in [0.3, 0.4) is 0 Å². The van der Waals surface area contributed by atoms with Crippen LogP contribution in [0.1, 0.15) is 20.3 Å². The Hall–Kier alpha value is -2.18. The molecule has 6 nitrogen and oxygen atoms in total. The van der Waals surface area contributed by atoms with Gasteiger partial charge >= 0.3 is 0 Å². The lowest BCUT2D eigenvalue weighted by Gasteiger charge is -2.22. The summed E-state index contributed by atoms with van der Waals surface area (Å²) in [6.07, 6.45) is 2.38. The molecule has 1 aromatic rings. The SMILES string of the molecule is COc1ccnc(N2CCCN(C(=O)C(F)=C(C)C)CC2)n1. The van der Waals surface area contributed by atoms with E-state index in [1.165, 1.54) is 0 Å². The van der Waals surface area contributed by atoms with Gasteiger partial charge in [-0.1, -0.05) is 0 Å². The molecule has 2 rings (SSSR count). The summed E-state index contributed by atoms with van der Waals surface area (Å²) in [6.45, 7) is 5.45. The number of carbonyl (C=O) groups is 1. The van der Waals surface area contributed by atoms with Gasteiger partial charge < -0.3 is 14.5 Å². The molecule has 2 heterocycles. The largest absolute Gasteiger partial charge is 0.481 e. The molecular formula is C15H21FN4O2. The predicted octanol–water partition coefficient (Wildman–Crippen LogP) is 1.79. The quantitative estimate of drug-likeness (QED) is 0.797. The second-order valence-electron chi connectivity index (χ2n) is 5.35. The molecule has 1 amide bonds. The molecule has 0 aromatic carbocycles. The van der Waals surface area contributed by atoms with Crippen molar-refractivity contribution in [1.82, 2.24) is 14.9 Å². The van der Waals surface area contributed by atoms with Crippen molar-refractivity contribution in [3.8, 4) is 5.88 Å². The van der Waals surface area contributed by atoms with Crippen LogP contribution in [0.4, 0.5) is 10.3 Å². The van der Waals surface area contributed by atoms with E-state index in [4.69, 9.17) is 4.74 Å². The molecule has 1 aliphatic rings. The first-order chi connectivity index (χ1) is 10.5. The minimum Gasteiger partial charge on any atom is -0.481 e. The monoisotopic (exact) mass is 308 g/mol. The number of anilines is 1. The standard InChI is InChI=1S/C15H21FN4O2/c1-11(2)13(16)14(21)19-7-4-8-20(10-9-19)15-17-6-5-12(18-15)22-3/h5-6H,4,7-10H2,1-3H3. The van der Waals surface area contributed by atoms with Crippen LogP contribution in [-0.4, -0.2) is 54.1 Å². The van der Waals surface area contributed by atoms with Gasteiger partial charge in [-0.25, -0.2) is 9.37 Å². The summed E-state index contributed by atoms with van der Waals surface area (Å²) in [7, 11) is 1.55. The number of methoxy groups -OCH3 is 1. The molecule has 120 valence electrons. The van der Waals surface area contributed by atoms with Gasteiger partial charge in [0.1, 0.15) is 0 Å². The fraction of sp³-hybridized carbons (Fsp3) is 0.533. The highest BCUT2D eigenvalue weighted by Crippen LogP contribution is 2.16. The van der Waals surface area contributed by atoms with Crippen molar-refractivity contribution in [2.45, 2.75) is 20.3 Å². The van der Waals surface area contributed by atoms with E-state index < -0.39 is 11.7 Å². The van der Waals surface area contributed by atoms with Crippen LogP contribution in [0.15, 0.2) is 23.7 Å². The number of allylic oxidation sites excluding steroid dienone is 1. The van der Waals surface area contributed by atoms with Gasteiger partial charge in [0.05, 0.1) is 7.11 Å². The summed E-state index contributed by atoms with van der Waals surface area (Å²) in [5.41, 5.74) is 0.405. The number of nitrogens with zero attached hydrogens (tertiary/aromatic N) is 4. The number of hydrogen-bond acceptors (Lipinski definition) is 5. The molecule has 1 aromatic heterocycles. The Morgan fingerprint density at radius 3 is 2.73 bits per heavy atom. The number of hydrogen-bond donors (Lipinski definition) is 0. The Kier molecular flexibility index (Phi) is 5.30. The van der Waals surface area contributed by atoms with Crippen LogP contribution in [0, 0.1) is 0 Å². The van der Waals surface area contributed by atoms with Gasteiger partial charge in [0, 0.05) is 38.4 Å². The number of rotatable bonds is 3. The van der Waals surface area contributed by atoms with Gasteiger partial charge in [0.2, 0.25) is 11.8 Å². The Labute approximate surface area is 129 Å². The first kappa shape index (κ1) is 16.2. The zero-order chi connectivity index (χ0) is 16.1. The van der Waals surface area contributed by atoms with E-state index in [9.17, 15) is 9.18 Å². The summed E-state index contributed by atoms with van der Waals surface area (Å²) in [5.74, 6) is -0.131. The summed E-state index contributed by atoms with van der Waals surface area (Å²) in [6, 6.07) is 1.68. The summed E-state index contributed by atoms with van der Waals surface area (Å²) in [5, 5.41) is 0. The van der Waals surface area contributed by atoms with Gasteiger partial charge in [0.15, 0.2) is 5.83 Å². The van der Waals surface area contributed by atoms with Crippen LogP contribution in [0.5, 0.6) is 5.88 Å². The highest BCUT2D eigenvalue weighted by atomic mass is 19.1. The molecule has 0 atom stereocenters. The van der Waals surface area contributed by atoms with Crippen molar-refractivity contribution in [3.05, 3.63) is 23.7 Å². The van der Waals surface area contributed by atoms with Gasteiger partial charge in [-0.05, 0) is 25.8 Å². The number of aromatic nitrogens is 2. The minimum atomic E-state index is -0.661. The lowest BCUT2D eigenvalue weighted by molar-refractivity contribution is -0.128. The fourth-order valence-corrected chi connectivity index (χ4v) is 2.27. The van der Waals surface area contributed by atoms with Gasteiger partial charge in [-0.3, -0.25) is 4.79 Å². The normalized spacial score (nSPS) is 15.3. The van der Waals surface area contributed by atoms with E-state index >= 15 is 0 Å². The van der Waals surface area contributed by atoms with Crippen LogP contribution >= 0.6 is 0 Å². The van der Waals surface area contributed by atoms with Crippen LogP contribution < -0.4 is 9.64 Å². The van der Waals surface area contributed by atoms with Crippen LogP contribution in [-0.2, 0) is 4.79 Å². The number of carbonyl (C=O) groups excluding carboxylic acids is 1. The molecule has 0 saturated carbocycles. The van der Waals surface area contributed by atoms with Crippen molar-refractivity contribution in [1.29, 1.82) is 0 Å². The van der Waals surface area contributed by atoms with Crippen LogP contribution in [0.2, 0.25) is 0 Å². The number of ether oxygens (including phenoxy) is 1. The van der Waals surface area contributed by atoms with E-state index in [2.05, 4.69) is 9.97 Å². The lowest BCUT2D eigenvalue weighted by atomic mass is 10.2. The third kappa shape index (κ3) is 3.72. The van der Waals surface area contributed by atoms with E-state index in [1.54, 1.807) is 38.1 Å². The molecule has 1 aliphatic heterocycles. The fourth-order valence-electron chi connectivity index (χ4n) is 2.27. The molecule has 1 saturated heterocycles. The van der Waals surface area contributed by atoms with Gasteiger partial charge in [-0.2, -0.15) is 4.98 Å². The van der Waals surface area contributed by atoms with Gasteiger partial charge in [-0.15, -0.1) is 0 Å². The maximum Gasteiger partial charge on any atom is 0.282 e. The Morgan fingerprint density at radius 2 is 2.05 bits per heavy atom. The molecule has 0 aliphatic carbocycles. The zero-order valence-corrected chi connectivity index (χ0v) is 13.2. The van der Waals surface area contributed by atoms with Crippen molar-refractivity contribution in [2.75, 3.05) is 38.2 Å². The number of amides is 1. The molecule has 0 unspecified atom stereocenters. The molecule has 0 radical (unpaired) electrons. The van der Waals surface area contributed by atoms with Crippen molar-refractivity contribution in [3.63, 3.8) is 0 Å². The Morgan fingerprint density at radius 1 is 1.27 bits per heavy atom. The molecule has 0 spiro atoms. The van der Waals surface area contributed by atoms with E-state index in [0.29, 0.717) is 43.6 Å². The third-order valence-corrected chi connectivity index (χ3v) is 3.52. The predicted molar refractivity (Wildman–Crippen MR) is 81.5 cm³/mol. The second-order valence-corrected chi connectivity index (χ2v) is 5.35. The van der Waals surface area contributed by atoms with E-state index in [1.807, 2.05) is 4.90 Å². The lowest BCUT2D eigenvalue weighted by Crippen LogP contribution is -2.36. The number of halogens is 1.